The van der Waals surface area contributed by atoms with E-state index in [0.717, 1.165) is 0 Å². The lowest BCUT2D eigenvalue weighted by molar-refractivity contribution is -0.145. The summed E-state index contributed by atoms with van der Waals surface area (Å²) in [6, 6.07) is 15.8. The van der Waals surface area contributed by atoms with Crippen molar-refractivity contribution in [3.05, 3.63) is 59.7 Å². The highest BCUT2D eigenvalue weighted by Gasteiger charge is 2.29. The van der Waals surface area contributed by atoms with Gasteiger partial charge in [-0.3, -0.25) is 4.79 Å². The number of benzene rings is 2. The number of carbonyl (C=O) groups excluding carboxylic acids is 1. The average Bonchev–Trinajstić information content (AvgIpc) is 2.87. The summed E-state index contributed by atoms with van der Waals surface area (Å²) in [5.41, 5.74) is 16.0. The first-order valence-corrected chi connectivity index (χ1v) is 7.53. The monoisotopic (exact) mass is 296 g/mol. The van der Waals surface area contributed by atoms with E-state index in [1.54, 1.807) is 0 Å². The van der Waals surface area contributed by atoms with Gasteiger partial charge < -0.3 is 16.2 Å². The fourth-order valence-electron chi connectivity index (χ4n) is 3.01. The van der Waals surface area contributed by atoms with Gasteiger partial charge in [0.25, 0.3) is 0 Å². The molecule has 2 aromatic rings. The van der Waals surface area contributed by atoms with Gasteiger partial charge in [0.05, 0.1) is 0 Å². The zero-order chi connectivity index (χ0) is 15.5. The third-order valence-corrected chi connectivity index (χ3v) is 4.14. The summed E-state index contributed by atoms with van der Waals surface area (Å²) < 4.78 is 5.43. The first-order valence-electron chi connectivity index (χ1n) is 7.53. The van der Waals surface area contributed by atoms with Gasteiger partial charge in [-0.15, -0.1) is 0 Å². The maximum Gasteiger partial charge on any atom is 0.322 e. The van der Waals surface area contributed by atoms with Gasteiger partial charge in [0.15, 0.2) is 0 Å². The summed E-state index contributed by atoms with van der Waals surface area (Å²) in [7, 11) is 0. The summed E-state index contributed by atoms with van der Waals surface area (Å²) in [5, 5.41) is 0. The maximum atomic E-state index is 11.9. The third kappa shape index (κ3) is 2.63. The van der Waals surface area contributed by atoms with Crippen LogP contribution in [0.2, 0.25) is 0 Å². The van der Waals surface area contributed by atoms with Gasteiger partial charge in [-0.2, -0.15) is 0 Å². The van der Waals surface area contributed by atoms with Gasteiger partial charge >= 0.3 is 5.97 Å². The summed E-state index contributed by atoms with van der Waals surface area (Å²) >= 11 is 0. The largest absolute Gasteiger partial charge is 0.464 e. The average molecular weight is 296 g/mol. The van der Waals surface area contributed by atoms with Gasteiger partial charge in [0, 0.05) is 5.92 Å². The molecule has 1 aliphatic carbocycles. The standard InChI is InChI=1S/C18H20N2O2/c19-10-9-17(20)18(21)22-11-16-14-7-3-1-5-12(14)13-6-2-4-8-15(13)16/h1-8,16-17H,9-11,19-20H2. The molecular formula is C18H20N2O2. The van der Waals surface area contributed by atoms with Crippen LogP contribution in [0, 0.1) is 0 Å². The van der Waals surface area contributed by atoms with Crippen LogP contribution in [0.1, 0.15) is 23.5 Å². The van der Waals surface area contributed by atoms with Crippen molar-refractivity contribution in [2.75, 3.05) is 13.2 Å². The van der Waals surface area contributed by atoms with E-state index in [9.17, 15) is 4.79 Å². The minimum absolute atomic E-state index is 0.0708. The normalized spacial score (nSPS) is 14.3. The molecule has 0 bridgehead atoms. The van der Waals surface area contributed by atoms with Crippen LogP contribution in [-0.2, 0) is 9.53 Å². The Labute approximate surface area is 130 Å². The Morgan fingerprint density at radius 2 is 1.59 bits per heavy atom. The van der Waals surface area contributed by atoms with Crippen LogP contribution in [-0.4, -0.2) is 25.2 Å². The lowest BCUT2D eigenvalue weighted by Crippen LogP contribution is -2.35. The minimum Gasteiger partial charge on any atom is -0.464 e. The Balaban J connectivity index is 1.81. The van der Waals surface area contributed by atoms with Crippen LogP contribution in [0.5, 0.6) is 0 Å². The lowest BCUT2D eigenvalue weighted by atomic mass is 9.98. The van der Waals surface area contributed by atoms with Crippen molar-refractivity contribution in [3.8, 4) is 11.1 Å². The molecule has 0 saturated carbocycles. The number of carbonyl (C=O) groups is 1. The van der Waals surface area contributed by atoms with Crippen molar-refractivity contribution in [2.24, 2.45) is 11.5 Å². The molecule has 0 aliphatic heterocycles. The molecule has 0 amide bonds. The predicted octanol–water partition coefficient (Wildman–Crippen LogP) is 2.02. The van der Waals surface area contributed by atoms with Crippen LogP contribution in [0.15, 0.2) is 48.5 Å². The quantitative estimate of drug-likeness (QED) is 0.827. The second kappa shape index (κ2) is 6.30. The van der Waals surface area contributed by atoms with E-state index in [0.29, 0.717) is 19.6 Å². The zero-order valence-electron chi connectivity index (χ0n) is 12.4. The molecule has 0 radical (unpaired) electrons. The Morgan fingerprint density at radius 3 is 2.14 bits per heavy atom. The van der Waals surface area contributed by atoms with Crippen molar-refractivity contribution in [3.63, 3.8) is 0 Å². The molecule has 0 fully saturated rings. The van der Waals surface area contributed by atoms with E-state index in [4.69, 9.17) is 16.2 Å². The van der Waals surface area contributed by atoms with Gasteiger partial charge in [0.2, 0.25) is 0 Å². The topological polar surface area (TPSA) is 78.3 Å². The molecule has 0 saturated heterocycles. The summed E-state index contributed by atoms with van der Waals surface area (Å²) in [5.74, 6) is -0.311. The van der Waals surface area contributed by atoms with E-state index in [1.165, 1.54) is 22.3 Å². The number of nitrogens with two attached hydrogens (primary N) is 2. The molecule has 2 aromatic carbocycles. The predicted molar refractivity (Wildman–Crippen MR) is 86.3 cm³/mol. The van der Waals surface area contributed by atoms with Crippen LogP contribution in [0.25, 0.3) is 11.1 Å². The maximum absolute atomic E-state index is 11.9. The smallest absolute Gasteiger partial charge is 0.322 e. The highest BCUT2D eigenvalue weighted by Crippen LogP contribution is 2.44. The molecular weight excluding hydrogens is 276 g/mol. The summed E-state index contributed by atoms with van der Waals surface area (Å²) in [4.78, 5) is 11.9. The molecule has 114 valence electrons. The number of ether oxygens (including phenoxy) is 1. The molecule has 4 nitrogen and oxygen atoms in total. The molecule has 0 spiro atoms. The van der Waals surface area contributed by atoms with Gasteiger partial charge in [-0.25, -0.2) is 0 Å². The molecule has 0 aromatic heterocycles. The van der Waals surface area contributed by atoms with Gasteiger partial charge in [-0.1, -0.05) is 48.5 Å². The molecule has 4 heteroatoms. The molecule has 22 heavy (non-hydrogen) atoms. The van der Waals surface area contributed by atoms with E-state index in [2.05, 4.69) is 24.3 Å². The van der Waals surface area contributed by atoms with E-state index in [-0.39, 0.29) is 11.9 Å². The molecule has 1 aliphatic rings. The van der Waals surface area contributed by atoms with E-state index >= 15 is 0 Å². The van der Waals surface area contributed by atoms with Crippen molar-refractivity contribution in [2.45, 2.75) is 18.4 Å². The minimum atomic E-state index is -0.642. The third-order valence-electron chi connectivity index (χ3n) is 4.14. The number of rotatable bonds is 5. The number of fused-ring (bicyclic) bond motifs is 3. The fourth-order valence-corrected chi connectivity index (χ4v) is 3.01. The Bertz CT molecular complexity index is 639. The summed E-state index contributed by atoms with van der Waals surface area (Å²) in [6.07, 6.45) is 0.441. The second-order valence-corrected chi connectivity index (χ2v) is 5.54. The molecule has 1 atom stereocenters. The Morgan fingerprint density at radius 1 is 1.05 bits per heavy atom. The van der Waals surface area contributed by atoms with Gasteiger partial charge in [0.1, 0.15) is 12.6 Å². The lowest BCUT2D eigenvalue weighted by Gasteiger charge is -2.16. The van der Waals surface area contributed by atoms with Crippen LogP contribution in [0.4, 0.5) is 0 Å². The van der Waals surface area contributed by atoms with Crippen molar-refractivity contribution < 1.29 is 9.53 Å². The Hall–Kier alpha value is -2.17. The van der Waals surface area contributed by atoms with Crippen molar-refractivity contribution >= 4 is 5.97 Å². The molecule has 0 heterocycles. The van der Waals surface area contributed by atoms with Crippen LogP contribution < -0.4 is 11.5 Å². The Kier molecular flexibility index (Phi) is 4.22. The first kappa shape index (κ1) is 14.8. The first-order chi connectivity index (χ1) is 10.7. The van der Waals surface area contributed by atoms with Gasteiger partial charge in [-0.05, 0) is 35.2 Å². The highest BCUT2D eigenvalue weighted by atomic mass is 16.5. The van der Waals surface area contributed by atoms with Crippen LogP contribution >= 0.6 is 0 Å². The summed E-state index contributed by atoms with van der Waals surface area (Å²) in [6.45, 7) is 0.691. The van der Waals surface area contributed by atoms with E-state index < -0.39 is 6.04 Å². The molecule has 1 unspecified atom stereocenters. The number of hydrogen-bond donors (Lipinski definition) is 2. The zero-order valence-corrected chi connectivity index (χ0v) is 12.4. The SMILES string of the molecule is NCCC(N)C(=O)OCC1c2ccccc2-c2ccccc21. The van der Waals surface area contributed by atoms with Crippen LogP contribution in [0.3, 0.4) is 0 Å². The van der Waals surface area contributed by atoms with Crippen molar-refractivity contribution in [1.82, 2.24) is 0 Å². The second-order valence-electron chi connectivity index (χ2n) is 5.54. The number of hydrogen-bond acceptors (Lipinski definition) is 4. The van der Waals surface area contributed by atoms with Crippen molar-refractivity contribution in [1.29, 1.82) is 0 Å². The highest BCUT2D eigenvalue weighted by molar-refractivity contribution is 5.79. The molecule has 4 N–H and O–H groups in total. The number of esters is 1. The molecule has 3 rings (SSSR count). The fraction of sp³-hybridized carbons (Fsp3) is 0.278. The van der Waals surface area contributed by atoms with E-state index in [1.807, 2.05) is 24.3 Å².